The van der Waals surface area contributed by atoms with Crippen LogP contribution < -0.4 is 19.5 Å². The maximum absolute atomic E-state index is 14.0. The molecule has 3 aromatic carbocycles. The zero-order valence-corrected chi connectivity index (χ0v) is 24.2. The molecule has 5 rings (SSSR count). The largest absolute Gasteiger partial charge is 0.504 e. The second-order valence-electron chi connectivity index (χ2n) is 10.4. The van der Waals surface area contributed by atoms with E-state index in [1.807, 2.05) is 55.5 Å². The van der Waals surface area contributed by atoms with E-state index in [1.54, 1.807) is 26.4 Å². The van der Waals surface area contributed by atoms with Gasteiger partial charge in [-0.1, -0.05) is 42.5 Å². The van der Waals surface area contributed by atoms with Crippen LogP contribution in [0.5, 0.6) is 23.0 Å². The van der Waals surface area contributed by atoms with E-state index in [-0.39, 0.29) is 36.2 Å². The van der Waals surface area contributed by atoms with Crippen LogP contribution in [-0.2, 0) is 20.7 Å². The first kappa shape index (κ1) is 28.8. The van der Waals surface area contributed by atoms with Crippen LogP contribution in [0.2, 0.25) is 0 Å². The van der Waals surface area contributed by atoms with E-state index in [9.17, 15) is 14.7 Å². The summed E-state index contributed by atoms with van der Waals surface area (Å²) < 4.78 is 22.0. The molecule has 0 bridgehead atoms. The van der Waals surface area contributed by atoms with Gasteiger partial charge in [-0.05, 0) is 60.2 Å². The molecule has 0 saturated heterocycles. The number of phenols is 1. The van der Waals surface area contributed by atoms with Crippen LogP contribution >= 0.6 is 0 Å². The molecule has 0 amide bonds. The van der Waals surface area contributed by atoms with Gasteiger partial charge in [0.15, 0.2) is 28.8 Å². The first-order valence-corrected chi connectivity index (χ1v) is 13.9. The van der Waals surface area contributed by atoms with E-state index >= 15 is 0 Å². The Morgan fingerprint density at radius 3 is 2.29 bits per heavy atom. The number of hydrogen-bond acceptors (Lipinski definition) is 8. The lowest BCUT2D eigenvalue weighted by Gasteiger charge is -2.37. The molecular formula is C34H35NO7. The van der Waals surface area contributed by atoms with Crippen LogP contribution in [0.4, 0.5) is 0 Å². The summed E-state index contributed by atoms with van der Waals surface area (Å²) in [5.41, 5.74) is 4.97. The number of carbonyl (C=O) groups excluding carboxylic acids is 2. The van der Waals surface area contributed by atoms with Crippen molar-refractivity contribution in [3.8, 4) is 23.0 Å². The second kappa shape index (κ2) is 12.4. The number of Topliss-reactive ketones (excluding diaryl/α,β-unsaturated/α-hetero) is 1. The number of allylic oxidation sites excluding steroid dienone is 3. The number of phenolic OH excluding ortho intramolecular Hbond substituents is 1. The van der Waals surface area contributed by atoms with Crippen molar-refractivity contribution in [3.05, 3.63) is 106 Å². The van der Waals surface area contributed by atoms with Crippen molar-refractivity contribution in [2.75, 3.05) is 27.9 Å². The number of ether oxygens (including phenoxy) is 4. The van der Waals surface area contributed by atoms with Gasteiger partial charge < -0.3 is 29.4 Å². The first-order valence-electron chi connectivity index (χ1n) is 13.9. The zero-order valence-electron chi connectivity index (χ0n) is 24.2. The summed E-state index contributed by atoms with van der Waals surface area (Å²) in [6, 6.07) is 20.4. The number of ketones is 1. The Morgan fingerprint density at radius 1 is 0.881 bits per heavy atom. The third-order valence-corrected chi connectivity index (χ3v) is 7.93. The van der Waals surface area contributed by atoms with Crippen LogP contribution in [-0.4, -0.2) is 44.8 Å². The molecule has 1 aliphatic carbocycles. The molecule has 2 N–H and O–H groups in total. The smallest absolute Gasteiger partial charge is 0.336 e. The quantitative estimate of drug-likeness (QED) is 0.323. The van der Waals surface area contributed by atoms with E-state index in [0.717, 1.165) is 16.8 Å². The highest BCUT2D eigenvalue weighted by Gasteiger charge is 2.41. The monoisotopic (exact) mass is 569 g/mol. The fraction of sp³-hybridized carbons (Fsp3) is 0.294. The molecule has 0 aromatic heterocycles. The minimum atomic E-state index is -0.682. The van der Waals surface area contributed by atoms with Gasteiger partial charge >= 0.3 is 5.97 Å². The minimum Gasteiger partial charge on any atom is -0.504 e. The molecule has 2 atom stereocenters. The normalized spacial score (nSPS) is 18.2. The summed E-state index contributed by atoms with van der Waals surface area (Å²) in [6.45, 7) is 2.03. The van der Waals surface area contributed by atoms with Gasteiger partial charge in [-0.25, -0.2) is 4.79 Å². The zero-order chi connectivity index (χ0) is 29.8. The molecule has 0 radical (unpaired) electrons. The molecule has 1 heterocycles. The molecular weight excluding hydrogens is 534 g/mol. The van der Waals surface area contributed by atoms with Crippen molar-refractivity contribution < 1.29 is 33.6 Å². The summed E-state index contributed by atoms with van der Waals surface area (Å²) in [5, 5.41) is 13.7. The predicted molar refractivity (Wildman–Crippen MR) is 158 cm³/mol. The molecule has 218 valence electrons. The first-order chi connectivity index (χ1) is 20.3. The maximum Gasteiger partial charge on any atom is 0.336 e. The van der Waals surface area contributed by atoms with E-state index in [0.29, 0.717) is 46.7 Å². The molecule has 3 aromatic rings. The van der Waals surface area contributed by atoms with Gasteiger partial charge in [0.2, 0.25) is 0 Å². The third kappa shape index (κ3) is 5.70. The number of benzene rings is 3. The Balaban J connectivity index is 1.50. The minimum absolute atomic E-state index is 0.0273. The number of carbonyl (C=O) groups is 2. The van der Waals surface area contributed by atoms with Crippen LogP contribution in [0.1, 0.15) is 48.3 Å². The van der Waals surface area contributed by atoms with Crippen molar-refractivity contribution >= 4 is 11.8 Å². The second-order valence-corrected chi connectivity index (χ2v) is 10.4. The van der Waals surface area contributed by atoms with Crippen LogP contribution in [0, 0.1) is 0 Å². The summed E-state index contributed by atoms with van der Waals surface area (Å²) in [5.74, 6) is 0.121. The molecule has 42 heavy (non-hydrogen) atoms. The third-order valence-electron chi connectivity index (χ3n) is 7.93. The van der Waals surface area contributed by atoms with E-state index in [2.05, 4.69) is 5.32 Å². The Morgan fingerprint density at radius 2 is 1.57 bits per heavy atom. The van der Waals surface area contributed by atoms with Crippen molar-refractivity contribution in [1.29, 1.82) is 0 Å². The predicted octanol–water partition coefficient (Wildman–Crippen LogP) is 5.57. The summed E-state index contributed by atoms with van der Waals surface area (Å²) >= 11 is 0. The molecule has 8 nitrogen and oxygen atoms in total. The molecule has 0 fully saturated rings. The highest BCUT2D eigenvalue weighted by molar-refractivity contribution is 6.04. The number of esters is 1. The Bertz CT molecular complexity index is 1560. The highest BCUT2D eigenvalue weighted by Crippen LogP contribution is 2.47. The number of dihydropyridines is 1. The van der Waals surface area contributed by atoms with Crippen molar-refractivity contribution in [1.82, 2.24) is 5.32 Å². The molecule has 0 saturated carbocycles. The van der Waals surface area contributed by atoms with Gasteiger partial charge in [-0.3, -0.25) is 4.79 Å². The van der Waals surface area contributed by atoms with Crippen molar-refractivity contribution in [2.45, 2.75) is 38.0 Å². The summed E-state index contributed by atoms with van der Waals surface area (Å²) in [4.78, 5) is 27.6. The fourth-order valence-electron chi connectivity index (χ4n) is 5.84. The van der Waals surface area contributed by atoms with E-state index in [1.165, 1.54) is 13.2 Å². The highest BCUT2D eigenvalue weighted by atomic mass is 16.5. The molecule has 0 unspecified atom stereocenters. The van der Waals surface area contributed by atoms with Crippen LogP contribution in [0.15, 0.2) is 89.3 Å². The average molecular weight is 570 g/mol. The number of nitrogens with one attached hydrogen (secondary N) is 1. The molecule has 1 aliphatic heterocycles. The summed E-state index contributed by atoms with van der Waals surface area (Å²) in [6.07, 6.45) is 1.40. The average Bonchev–Trinajstić information content (AvgIpc) is 3.00. The topological polar surface area (TPSA) is 103 Å². The Labute approximate surface area is 245 Å². The maximum atomic E-state index is 14.0. The lowest BCUT2D eigenvalue weighted by molar-refractivity contribution is -0.139. The Hall–Kier alpha value is -4.72. The molecule has 0 spiro atoms. The van der Waals surface area contributed by atoms with Gasteiger partial charge in [0, 0.05) is 35.7 Å². The van der Waals surface area contributed by atoms with E-state index in [4.69, 9.17) is 18.9 Å². The van der Waals surface area contributed by atoms with Gasteiger partial charge in [0.05, 0.1) is 33.5 Å². The number of aromatic hydroxyl groups is 1. The SMILES string of the molecule is COc1cc([C@H]2C(C(=O)OCCc3ccccc3)=C(C)NC3=C2C(=O)C[C@H](c2ccc(OC)c(OC)c2)C3)ccc1O. The fourth-order valence-corrected chi connectivity index (χ4v) is 5.84. The lowest BCUT2D eigenvalue weighted by Crippen LogP contribution is -2.36. The number of hydrogen-bond donors (Lipinski definition) is 2. The van der Waals surface area contributed by atoms with Crippen molar-refractivity contribution in [2.24, 2.45) is 0 Å². The van der Waals surface area contributed by atoms with Crippen LogP contribution in [0.25, 0.3) is 0 Å². The van der Waals surface area contributed by atoms with Crippen LogP contribution in [0.3, 0.4) is 0 Å². The van der Waals surface area contributed by atoms with Gasteiger partial charge in [0.25, 0.3) is 0 Å². The molecule has 8 heteroatoms. The van der Waals surface area contributed by atoms with Gasteiger partial charge in [0.1, 0.15) is 0 Å². The standard InChI is InChI=1S/C34H35NO7/c1-20-31(34(38)42-15-14-21-8-6-5-7-9-21)32(23-10-12-26(36)29(19-23)40-3)33-25(35-20)16-24(17-27(33)37)22-11-13-28(39-2)30(18-22)41-4/h5-13,18-19,24,32,35-36H,14-17H2,1-4H3/t24-,32+/m1/s1. The molecule has 2 aliphatic rings. The van der Waals surface area contributed by atoms with Gasteiger partial charge in [-0.2, -0.15) is 0 Å². The van der Waals surface area contributed by atoms with E-state index < -0.39 is 11.9 Å². The lowest BCUT2D eigenvalue weighted by atomic mass is 9.71. The van der Waals surface area contributed by atoms with Crippen molar-refractivity contribution in [3.63, 3.8) is 0 Å². The number of methoxy groups -OCH3 is 3. The Kier molecular flexibility index (Phi) is 8.52. The number of rotatable bonds is 9. The van der Waals surface area contributed by atoms with Gasteiger partial charge in [-0.15, -0.1) is 0 Å². The summed E-state index contributed by atoms with van der Waals surface area (Å²) in [7, 11) is 4.63.